The van der Waals surface area contributed by atoms with Crippen LogP contribution in [0.5, 0.6) is 0 Å². The van der Waals surface area contributed by atoms with Crippen molar-refractivity contribution in [2.45, 2.75) is 59.8 Å². The zero-order valence-electron chi connectivity index (χ0n) is 17.3. The fraction of sp³-hybridized carbons (Fsp3) is 0.520. The predicted molar refractivity (Wildman–Crippen MR) is 115 cm³/mol. The van der Waals surface area contributed by atoms with Gasteiger partial charge in [-0.2, -0.15) is 0 Å². The minimum atomic E-state index is 0.940. The molecule has 0 radical (unpaired) electrons. The van der Waals surface area contributed by atoms with Crippen LogP contribution < -0.4 is 0 Å². The number of hydrogen-bond donors (Lipinski definition) is 0. The molecule has 0 saturated carbocycles. The topological polar surface area (TPSA) is 3.24 Å². The van der Waals surface area contributed by atoms with Crippen molar-refractivity contribution in [2.24, 2.45) is 5.92 Å². The molecule has 2 aromatic rings. The van der Waals surface area contributed by atoms with Crippen LogP contribution in [-0.4, -0.2) is 24.5 Å². The SMILES string of the molecule is CCCc1ccccc1C.Cc1ccc(CCN2CCC(C)CC2)cc1. The number of aryl methyl sites for hydroxylation is 3. The van der Waals surface area contributed by atoms with Gasteiger partial charge in [0.15, 0.2) is 0 Å². The molecule has 0 aliphatic carbocycles. The lowest BCUT2D eigenvalue weighted by atomic mass is 9.99. The Morgan fingerprint density at radius 3 is 2.15 bits per heavy atom. The average molecular weight is 352 g/mol. The van der Waals surface area contributed by atoms with Crippen molar-refractivity contribution >= 4 is 0 Å². The van der Waals surface area contributed by atoms with Gasteiger partial charge in [0.2, 0.25) is 0 Å². The summed E-state index contributed by atoms with van der Waals surface area (Å²) in [5, 5.41) is 0. The molecule has 1 fully saturated rings. The number of hydrogen-bond acceptors (Lipinski definition) is 1. The van der Waals surface area contributed by atoms with E-state index < -0.39 is 0 Å². The summed E-state index contributed by atoms with van der Waals surface area (Å²) in [4.78, 5) is 2.61. The third-order valence-corrected chi connectivity index (χ3v) is 5.49. The van der Waals surface area contributed by atoms with Gasteiger partial charge in [-0.3, -0.25) is 0 Å². The zero-order valence-corrected chi connectivity index (χ0v) is 17.3. The lowest BCUT2D eigenvalue weighted by molar-refractivity contribution is 0.194. The Balaban J connectivity index is 0.000000209. The van der Waals surface area contributed by atoms with E-state index in [1.54, 1.807) is 0 Å². The van der Waals surface area contributed by atoms with Gasteiger partial charge in [0, 0.05) is 6.54 Å². The molecule has 1 aliphatic heterocycles. The molecule has 0 bridgehead atoms. The van der Waals surface area contributed by atoms with Crippen molar-refractivity contribution in [2.75, 3.05) is 19.6 Å². The van der Waals surface area contributed by atoms with Gasteiger partial charge < -0.3 is 4.90 Å². The van der Waals surface area contributed by atoms with Gasteiger partial charge >= 0.3 is 0 Å². The first kappa shape index (κ1) is 20.7. The average Bonchev–Trinajstić information content (AvgIpc) is 2.65. The van der Waals surface area contributed by atoms with Crippen molar-refractivity contribution in [1.29, 1.82) is 0 Å². The third-order valence-electron chi connectivity index (χ3n) is 5.49. The standard InChI is InChI=1S/C15H23N.C10H14/c1-13-3-5-15(6-4-13)9-12-16-10-7-14(2)8-11-16;1-3-6-10-8-5-4-7-9(10)2/h3-6,14H,7-12H2,1-2H3;4-5,7-8H,3,6H2,1-2H3. The molecule has 0 unspecified atom stereocenters. The monoisotopic (exact) mass is 351 g/mol. The number of piperidine rings is 1. The summed E-state index contributed by atoms with van der Waals surface area (Å²) in [7, 11) is 0. The van der Waals surface area contributed by atoms with Crippen LogP contribution in [0, 0.1) is 19.8 Å². The van der Waals surface area contributed by atoms with Crippen molar-refractivity contribution in [3.05, 3.63) is 70.8 Å². The van der Waals surface area contributed by atoms with Crippen LogP contribution >= 0.6 is 0 Å². The summed E-state index contributed by atoms with van der Waals surface area (Å²) in [5.41, 5.74) is 5.74. The smallest absolute Gasteiger partial charge is 0.00218 e. The predicted octanol–water partition coefficient (Wildman–Crippen LogP) is 6.22. The maximum atomic E-state index is 2.61. The van der Waals surface area contributed by atoms with Crippen LogP contribution in [0.25, 0.3) is 0 Å². The van der Waals surface area contributed by atoms with Crippen molar-refractivity contribution in [1.82, 2.24) is 4.90 Å². The van der Waals surface area contributed by atoms with E-state index in [2.05, 4.69) is 81.1 Å². The molecule has 3 rings (SSSR count). The highest BCUT2D eigenvalue weighted by Crippen LogP contribution is 2.16. The highest BCUT2D eigenvalue weighted by atomic mass is 15.1. The summed E-state index contributed by atoms with van der Waals surface area (Å²) >= 11 is 0. The van der Waals surface area contributed by atoms with Crippen LogP contribution in [0.15, 0.2) is 48.5 Å². The second-order valence-corrected chi connectivity index (χ2v) is 7.94. The fourth-order valence-electron chi connectivity index (χ4n) is 3.49. The Morgan fingerprint density at radius 2 is 1.54 bits per heavy atom. The minimum Gasteiger partial charge on any atom is -0.303 e. The molecule has 1 nitrogen and oxygen atoms in total. The summed E-state index contributed by atoms with van der Waals surface area (Å²) in [6.45, 7) is 12.7. The molecular formula is C25H37N. The summed E-state index contributed by atoms with van der Waals surface area (Å²) in [5.74, 6) is 0.940. The van der Waals surface area contributed by atoms with E-state index in [4.69, 9.17) is 0 Å². The molecule has 2 aromatic carbocycles. The maximum Gasteiger partial charge on any atom is 0.00218 e. The van der Waals surface area contributed by atoms with E-state index in [1.807, 2.05) is 0 Å². The van der Waals surface area contributed by atoms with E-state index in [9.17, 15) is 0 Å². The van der Waals surface area contributed by atoms with E-state index in [0.29, 0.717) is 0 Å². The van der Waals surface area contributed by atoms with Crippen LogP contribution in [0.2, 0.25) is 0 Å². The molecule has 0 N–H and O–H groups in total. The van der Waals surface area contributed by atoms with E-state index in [0.717, 1.165) is 5.92 Å². The number of likely N-dealkylation sites (tertiary alicyclic amines) is 1. The Bertz CT molecular complexity index is 621. The third kappa shape index (κ3) is 7.33. The largest absolute Gasteiger partial charge is 0.303 e. The number of nitrogens with zero attached hydrogens (tertiary/aromatic N) is 1. The molecular weight excluding hydrogens is 314 g/mol. The first-order valence-electron chi connectivity index (χ1n) is 10.4. The summed E-state index contributed by atoms with van der Waals surface area (Å²) in [6.07, 6.45) is 6.42. The Labute approximate surface area is 161 Å². The Kier molecular flexibility index (Phi) is 8.91. The lowest BCUT2D eigenvalue weighted by Crippen LogP contribution is -2.34. The molecule has 1 aliphatic rings. The van der Waals surface area contributed by atoms with Gasteiger partial charge in [0.05, 0.1) is 0 Å². The minimum absolute atomic E-state index is 0.940. The molecule has 26 heavy (non-hydrogen) atoms. The van der Waals surface area contributed by atoms with Gasteiger partial charge in [-0.25, -0.2) is 0 Å². The second kappa shape index (κ2) is 11.2. The van der Waals surface area contributed by atoms with E-state index in [1.165, 1.54) is 74.0 Å². The molecule has 0 atom stereocenters. The van der Waals surface area contributed by atoms with Crippen LogP contribution in [0.3, 0.4) is 0 Å². The molecule has 0 aromatic heterocycles. The molecule has 1 heterocycles. The Hall–Kier alpha value is -1.60. The summed E-state index contributed by atoms with van der Waals surface area (Å²) < 4.78 is 0. The fourth-order valence-corrected chi connectivity index (χ4v) is 3.49. The zero-order chi connectivity index (χ0) is 18.8. The highest BCUT2D eigenvalue weighted by molar-refractivity contribution is 5.25. The molecule has 142 valence electrons. The number of rotatable bonds is 5. The van der Waals surface area contributed by atoms with Gasteiger partial charge in [0.25, 0.3) is 0 Å². The quantitative estimate of drug-likeness (QED) is 0.618. The highest BCUT2D eigenvalue weighted by Gasteiger charge is 2.14. The number of benzene rings is 2. The first-order valence-corrected chi connectivity index (χ1v) is 10.4. The van der Waals surface area contributed by atoms with Crippen LogP contribution in [-0.2, 0) is 12.8 Å². The van der Waals surface area contributed by atoms with E-state index in [-0.39, 0.29) is 0 Å². The van der Waals surface area contributed by atoms with Gasteiger partial charge in [0.1, 0.15) is 0 Å². The van der Waals surface area contributed by atoms with Crippen molar-refractivity contribution in [3.63, 3.8) is 0 Å². The second-order valence-electron chi connectivity index (χ2n) is 7.94. The molecule has 1 saturated heterocycles. The van der Waals surface area contributed by atoms with Crippen molar-refractivity contribution < 1.29 is 0 Å². The van der Waals surface area contributed by atoms with Crippen molar-refractivity contribution in [3.8, 4) is 0 Å². The van der Waals surface area contributed by atoms with Crippen LogP contribution in [0.1, 0.15) is 55.4 Å². The normalized spacial score (nSPS) is 15.4. The van der Waals surface area contributed by atoms with E-state index >= 15 is 0 Å². The van der Waals surface area contributed by atoms with Gasteiger partial charge in [-0.05, 0) is 75.2 Å². The van der Waals surface area contributed by atoms with Crippen LogP contribution in [0.4, 0.5) is 0 Å². The Morgan fingerprint density at radius 1 is 0.885 bits per heavy atom. The van der Waals surface area contributed by atoms with Gasteiger partial charge in [-0.15, -0.1) is 0 Å². The van der Waals surface area contributed by atoms with Gasteiger partial charge in [-0.1, -0.05) is 74.4 Å². The molecule has 1 heteroatoms. The molecule has 0 amide bonds. The lowest BCUT2D eigenvalue weighted by Gasteiger charge is -2.30. The summed E-state index contributed by atoms with van der Waals surface area (Å²) in [6, 6.07) is 17.5. The maximum absolute atomic E-state index is 2.61. The molecule has 0 spiro atoms. The first-order chi connectivity index (χ1) is 12.6.